The molecule has 0 aromatic carbocycles. The number of carboxylic acid groups (broad SMARTS) is 1. The highest BCUT2D eigenvalue weighted by Gasteiger charge is 2.17. The van der Waals surface area contributed by atoms with Gasteiger partial charge in [0.15, 0.2) is 5.78 Å². The first-order valence-electron chi connectivity index (χ1n) is 27.4. The summed E-state index contributed by atoms with van der Waals surface area (Å²) in [5, 5.41) is 10.7. The van der Waals surface area contributed by atoms with Crippen LogP contribution in [0.2, 0.25) is 0 Å². The number of quaternary nitrogens is 2. The van der Waals surface area contributed by atoms with Crippen molar-refractivity contribution in [2.24, 2.45) is 0 Å². The molecule has 0 fully saturated rings. The Balaban J connectivity index is 0. The molecule has 7 nitrogen and oxygen atoms in total. The second-order valence-electron chi connectivity index (χ2n) is 20.8. The number of likely N-dealkylation sites (N-methyl/N-ethyl adjacent to an activating group) is 2. The zero-order valence-electron chi connectivity index (χ0n) is 43.9. The van der Waals surface area contributed by atoms with E-state index in [0.29, 0.717) is 41.9 Å². The monoisotopic (exact) mass is 902 g/mol. The van der Waals surface area contributed by atoms with Gasteiger partial charge in [-0.3, -0.25) is 14.4 Å². The minimum Gasteiger partial charge on any atom is -0.544 e. The van der Waals surface area contributed by atoms with Gasteiger partial charge in [-0.1, -0.05) is 167 Å². The van der Waals surface area contributed by atoms with E-state index in [0.717, 1.165) is 62.5 Å². The second kappa shape index (κ2) is 47.4. The van der Waals surface area contributed by atoms with E-state index in [9.17, 15) is 24.3 Å². The highest BCUT2D eigenvalue weighted by Crippen LogP contribution is 2.15. The molecule has 0 bridgehead atoms. The average molecular weight is 903 g/mol. The minimum absolute atomic E-state index is 0.0324. The zero-order chi connectivity index (χ0) is 47.8. The van der Waals surface area contributed by atoms with Gasteiger partial charge in [-0.2, -0.15) is 0 Å². The van der Waals surface area contributed by atoms with Gasteiger partial charge in [-0.15, -0.1) is 0 Å². The van der Waals surface area contributed by atoms with Crippen molar-refractivity contribution in [3.8, 4) is 0 Å². The Labute approximate surface area is 398 Å². The van der Waals surface area contributed by atoms with Crippen LogP contribution in [0.25, 0.3) is 0 Å². The van der Waals surface area contributed by atoms with E-state index in [2.05, 4.69) is 52.2 Å². The Morgan fingerprint density at radius 1 is 0.359 bits per heavy atom. The van der Waals surface area contributed by atoms with Crippen LogP contribution in [0.4, 0.5) is 0 Å². The minimum atomic E-state index is -1.01. The second-order valence-corrected chi connectivity index (χ2v) is 20.8. The molecule has 0 aromatic rings. The molecular weight excluding hydrogens is 793 g/mol. The molecule has 0 saturated carbocycles. The molecule has 0 heterocycles. The number of nitrogens with zero attached hydrogens (tertiary/aromatic N) is 2. The number of aliphatic carboxylic acids is 1. The van der Waals surface area contributed by atoms with Gasteiger partial charge in [-0.25, -0.2) is 0 Å². The van der Waals surface area contributed by atoms with Crippen molar-refractivity contribution in [3.63, 3.8) is 0 Å². The van der Waals surface area contributed by atoms with Crippen molar-refractivity contribution in [2.45, 2.75) is 265 Å². The van der Waals surface area contributed by atoms with Gasteiger partial charge in [0.05, 0.1) is 47.2 Å². The molecule has 0 unspecified atom stereocenters. The highest BCUT2D eigenvalue weighted by molar-refractivity contribution is 5.78. The maximum atomic E-state index is 12.0. The fourth-order valence-corrected chi connectivity index (χ4v) is 8.58. The first-order valence-corrected chi connectivity index (χ1v) is 27.4. The van der Waals surface area contributed by atoms with Crippen LogP contribution >= 0.6 is 0 Å². The van der Waals surface area contributed by atoms with Crippen molar-refractivity contribution in [3.05, 3.63) is 24.3 Å². The van der Waals surface area contributed by atoms with Crippen LogP contribution in [0.3, 0.4) is 0 Å². The molecule has 0 spiro atoms. The third-order valence-corrected chi connectivity index (χ3v) is 12.6. The number of hydrogen-bond acceptors (Lipinski definition) is 5. The number of allylic oxidation sites excluding steroid dienone is 4. The smallest absolute Gasteiger partial charge is 0.183 e. The molecule has 0 radical (unpaired) electrons. The maximum Gasteiger partial charge on any atom is 0.183 e. The SMILES string of the molecule is CCCCCCCC/C=C/CCCCCCCC(=O)CCCC[N+](C)(C)CC(C)=O.CCCCCCCC/C=C/CCCCCCCCCCCC(=O)CCCC[N+](C)(C)CC(=O)[O-]. The van der Waals surface area contributed by atoms with Crippen LogP contribution in [0.5, 0.6) is 0 Å². The number of carbonyl (C=O) groups is 4. The van der Waals surface area contributed by atoms with E-state index in [4.69, 9.17) is 0 Å². The normalized spacial score (nSPS) is 12.0. The van der Waals surface area contributed by atoms with Crippen LogP contribution in [0.15, 0.2) is 24.3 Å². The van der Waals surface area contributed by atoms with Gasteiger partial charge in [0.2, 0.25) is 0 Å². The Bertz CT molecular complexity index is 1140. The summed E-state index contributed by atoms with van der Waals surface area (Å²) in [6, 6.07) is 0. The van der Waals surface area contributed by atoms with Crippen LogP contribution in [-0.2, 0) is 19.2 Å². The van der Waals surface area contributed by atoms with E-state index in [1.807, 2.05) is 14.1 Å². The van der Waals surface area contributed by atoms with Gasteiger partial charge in [0.1, 0.15) is 24.7 Å². The van der Waals surface area contributed by atoms with Gasteiger partial charge in [0.25, 0.3) is 0 Å². The molecule has 0 saturated heterocycles. The zero-order valence-corrected chi connectivity index (χ0v) is 43.9. The lowest BCUT2D eigenvalue weighted by Gasteiger charge is -2.30. The summed E-state index contributed by atoms with van der Waals surface area (Å²) in [4.78, 5) is 46.0. The van der Waals surface area contributed by atoms with E-state index in [1.54, 1.807) is 6.92 Å². The number of ketones is 3. The van der Waals surface area contributed by atoms with Crippen LogP contribution < -0.4 is 5.11 Å². The predicted octanol–water partition coefficient (Wildman–Crippen LogP) is 14.6. The van der Waals surface area contributed by atoms with Crippen LogP contribution in [0, 0.1) is 0 Å². The first-order chi connectivity index (χ1) is 30.7. The maximum absolute atomic E-state index is 12.0. The van der Waals surface area contributed by atoms with Crippen molar-refractivity contribution < 1.29 is 33.3 Å². The topological polar surface area (TPSA) is 91.3 Å². The Morgan fingerprint density at radius 2 is 0.609 bits per heavy atom. The first kappa shape index (κ1) is 64.0. The van der Waals surface area contributed by atoms with Gasteiger partial charge in [0, 0.05) is 32.6 Å². The Morgan fingerprint density at radius 3 is 0.891 bits per heavy atom. The predicted molar refractivity (Wildman–Crippen MR) is 274 cm³/mol. The van der Waals surface area contributed by atoms with E-state index >= 15 is 0 Å². The van der Waals surface area contributed by atoms with Crippen molar-refractivity contribution in [1.82, 2.24) is 0 Å². The molecule has 0 N–H and O–H groups in total. The van der Waals surface area contributed by atoms with E-state index < -0.39 is 5.97 Å². The van der Waals surface area contributed by atoms with Crippen LogP contribution in [-0.4, -0.2) is 86.7 Å². The lowest BCUT2D eigenvalue weighted by atomic mass is 10.0. The molecular formula is C57H109N2O5+. The number of unbranched alkanes of at least 4 members (excludes halogenated alkanes) is 28. The van der Waals surface area contributed by atoms with Gasteiger partial charge in [-0.05, 0) is 89.9 Å². The van der Waals surface area contributed by atoms with E-state index in [1.165, 1.54) is 180 Å². The third kappa shape index (κ3) is 54.2. The number of hydrogen-bond donors (Lipinski definition) is 0. The fraction of sp³-hybridized carbons (Fsp3) is 0.860. The molecule has 0 aliphatic heterocycles. The number of carbonyl (C=O) groups excluding carboxylic acids is 4. The Hall–Kier alpha value is -2.12. The quantitative estimate of drug-likeness (QED) is 0.0345. The van der Waals surface area contributed by atoms with Gasteiger partial charge < -0.3 is 18.9 Å². The molecule has 0 atom stereocenters. The molecule has 64 heavy (non-hydrogen) atoms. The van der Waals surface area contributed by atoms with Crippen molar-refractivity contribution in [2.75, 3.05) is 54.4 Å². The summed E-state index contributed by atoms with van der Waals surface area (Å²) < 4.78 is 1.16. The lowest BCUT2D eigenvalue weighted by Crippen LogP contribution is -2.48. The molecule has 7 heteroatoms. The summed E-state index contributed by atoms with van der Waals surface area (Å²) in [5.74, 6) is 0.0128. The molecule has 0 rings (SSSR count). The van der Waals surface area contributed by atoms with Crippen molar-refractivity contribution in [1.29, 1.82) is 0 Å². The largest absolute Gasteiger partial charge is 0.544 e. The Kier molecular flexibility index (Phi) is 47.3. The van der Waals surface area contributed by atoms with E-state index in [-0.39, 0.29) is 12.3 Å². The third-order valence-electron chi connectivity index (χ3n) is 12.6. The summed E-state index contributed by atoms with van der Waals surface area (Å²) in [6.45, 7) is 8.56. The average Bonchev–Trinajstić information content (AvgIpc) is 3.22. The highest BCUT2D eigenvalue weighted by atomic mass is 16.4. The molecule has 376 valence electrons. The lowest BCUT2D eigenvalue weighted by molar-refractivity contribution is -0.885. The summed E-state index contributed by atoms with van der Waals surface area (Å²) in [7, 11) is 7.98. The summed E-state index contributed by atoms with van der Waals surface area (Å²) in [6.07, 6.45) is 55.2. The van der Waals surface area contributed by atoms with Crippen LogP contribution in [0.1, 0.15) is 265 Å². The van der Waals surface area contributed by atoms with Crippen molar-refractivity contribution >= 4 is 23.3 Å². The van der Waals surface area contributed by atoms with Gasteiger partial charge >= 0.3 is 0 Å². The number of rotatable bonds is 48. The molecule has 0 aliphatic rings. The number of carboxylic acids is 1. The number of Topliss-reactive ketones (excluding diaryl/α,β-unsaturated/α-hetero) is 3. The summed E-state index contributed by atoms with van der Waals surface area (Å²) >= 11 is 0. The molecule has 0 amide bonds. The molecule has 0 aromatic heterocycles. The summed E-state index contributed by atoms with van der Waals surface area (Å²) in [5.41, 5.74) is 0. The molecule has 0 aliphatic carbocycles. The standard InChI is InChI=1S/C30H57NO3.C27H52NO2/c1-4-5-6-7-8-9-10-11-12-13-14-15-16-17-18-19-20-21-22-25-29(32)26-23-24-27-31(2,3)28-30(33)34;1-5-6-7-8-9-10-11-12-13-14-15-16-17-18-19-22-27(30)23-20-21-24-28(3,4)25-26(2)29/h11-12H,4-10,13-28H2,1-3H3;12-13H,5-11,14-25H2,1-4H3/q;+1/b12-11+;13-12+. The fourth-order valence-electron chi connectivity index (χ4n) is 8.58.